The van der Waals surface area contributed by atoms with E-state index in [0.717, 1.165) is 16.9 Å². The van der Waals surface area contributed by atoms with Gasteiger partial charge in [0, 0.05) is 12.3 Å². The van der Waals surface area contributed by atoms with Crippen LogP contribution < -0.4 is 10.1 Å². The third-order valence-corrected chi connectivity index (χ3v) is 3.05. The minimum Gasteiger partial charge on any atom is -0.491 e. The van der Waals surface area contributed by atoms with Crippen LogP contribution >= 0.6 is 11.6 Å². The first-order chi connectivity index (χ1) is 8.56. The second-order valence-corrected chi connectivity index (χ2v) is 4.67. The van der Waals surface area contributed by atoms with E-state index >= 15 is 0 Å². The molecule has 1 aromatic carbocycles. The van der Waals surface area contributed by atoms with Crippen LogP contribution in [0.25, 0.3) is 0 Å². The van der Waals surface area contributed by atoms with Gasteiger partial charge in [-0.25, -0.2) is 0 Å². The predicted molar refractivity (Wildman–Crippen MR) is 74.5 cm³/mol. The lowest BCUT2D eigenvalue weighted by Gasteiger charge is -2.14. The molecule has 0 bridgehead atoms. The molecule has 4 heteroatoms. The lowest BCUT2D eigenvalue weighted by molar-refractivity contribution is -0.120. The van der Waals surface area contributed by atoms with Crippen molar-refractivity contribution in [3.8, 4) is 5.75 Å². The third-order valence-electron chi connectivity index (χ3n) is 2.87. The number of hydrogen-bond acceptors (Lipinski definition) is 2. The summed E-state index contributed by atoms with van der Waals surface area (Å²) in [7, 11) is 0. The first-order valence-corrected chi connectivity index (χ1v) is 6.62. The smallest absolute Gasteiger partial charge is 0.221 e. The molecule has 0 atom stereocenters. The van der Waals surface area contributed by atoms with E-state index in [1.165, 1.54) is 5.56 Å². The number of hydrogen-bond donors (Lipinski definition) is 1. The van der Waals surface area contributed by atoms with Crippen LogP contribution in [-0.2, 0) is 4.79 Å². The van der Waals surface area contributed by atoms with Gasteiger partial charge in [-0.2, -0.15) is 0 Å². The third kappa shape index (κ3) is 4.22. The Bertz CT molecular complexity index is 419. The maximum Gasteiger partial charge on any atom is 0.221 e. The normalized spacial score (nSPS) is 10.2. The van der Waals surface area contributed by atoms with Crippen molar-refractivity contribution < 1.29 is 9.53 Å². The summed E-state index contributed by atoms with van der Waals surface area (Å²) in [6.45, 7) is 7.10. The number of aryl methyl sites for hydroxylation is 2. The Morgan fingerprint density at radius 2 is 1.94 bits per heavy atom. The lowest BCUT2D eigenvalue weighted by atomic mass is 10.1. The topological polar surface area (TPSA) is 38.3 Å². The van der Waals surface area contributed by atoms with Crippen LogP contribution in [0.2, 0.25) is 0 Å². The van der Waals surface area contributed by atoms with E-state index in [4.69, 9.17) is 16.3 Å². The van der Waals surface area contributed by atoms with Gasteiger partial charge < -0.3 is 10.1 Å². The van der Waals surface area contributed by atoms with E-state index < -0.39 is 0 Å². The Balaban J connectivity index is 2.45. The van der Waals surface area contributed by atoms with Crippen LogP contribution in [0, 0.1) is 20.8 Å². The molecule has 1 N–H and O–H groups in total. The molecule has 0 fully saturated rings. The Morgan fingerprint density at radius 1 is 1.28 bits per heavy atom. The fourth-order valence-corrected chi connectivity index (χ4v) is 1.84. The van der Waals surface area contributed by atoms with Crippen LogP contribution in [-0.4, -0.2) is 24.9 Å². The second kappa shape index (κ2) is 7.27. The van der Waals surface area contributed by atoms with Crippen molar-refractivity contribution in [2.75, 3.05) is 19.0 Å². The first-order valence-electron chi connectivity index (χ1n) is 6.08. The number of carbonyl (C=O) groups excluding carboxylic acids is 1. The van der Waals surface area contributed by atoms with Crippen molar-refractivity contribution in [2.45, 2.75) is 27.2 Å². The monoisotopic (exact) mass is 269 g/mol. The van der Waals surface area contributed by atoms with Gasteiger partial charge in [-0.15, -0.1) is 11.6 Å². The lowest BCUT2D eigenvalue weighted by Crippen LogP contribution is -2.28. The van der Waals surface area contributed by atoms with Crippen LogP contribution in [0.3, 0.4) is 0 Å². The van der Waals surface area contributed by atoms with Crippen molar-refractivity contribution >= 4 is 17.5 Å². The van der Waals surface area contributed by atoms with Gasteiger partial charge in [-0.1, -0.05) is 12.1 Å². The highest BCUT2D eigenvalue weighted by molar-refractivity contribution is 6.18. The molecule has 0 aromatic heterocycles. The number of amides is 1. The molecular formula is C14H20ClNO2. The number of carbonyl (C=O) groups is 1. The van der Waals surface area contributed by atoms with Gasteiger partial charge in [0.15, 0.2) is 0 Å². The van der Waals surface area contributed by atoms with Gasteiger partial charge in [-0.05, 0) is 37.5 Å². The van der Waals surface area contributed by atoms with Crippen LogP contribution in [0.1, 0.15) is 23.1 Å². The Labute approximate surface area is 113 Å². The summed E-state index contributed by atoms with van der Waals surface area (Å²) in [5, 5.41) is 2.76. The van der Waals surface area contributed by atoms with Gasteiger partial charge in [0.05, 0.1) is 6.54 Å². The highest BCUT2D eigenvalue weighted by Crippen LogP contribution is 2.25. The summed E-state index contributed by atoms with van der Waals surface area (Å²) in [5.41, 5.74) is 3.48. The molecule has 3 nitrogen and oxygen atoms in total. The van der Waals surface area contributed by atoms with E-state index in [1.807, 2.05) is 19.9 Å². The summed E-state index contributed by atoms with van der Waals surface area (Å²) in [5.74, 6) is 1.23. The number of alkyl halides is 1. The van der Waals surface area contributed by atoms with Gasteiger partial charge >= 0.3 is 0 Å². The SMILES string of the molecule is Cc1ccc(C)c(OCCNC(=O)CCCl)c1C. The average molecular weight is 270 g/mol. The Hall–Kier alpha value is -1.22. The molecule has 0 unspecified atom stereocenters. The fraction of sp³-hybridized carbons (Fsp3) is 0.500. The van der Waals surface area contributed by atoms with E-state index in [0.29, 0.717) is 25.5 Å². The standard InChI is InChI=1S/C14H20ClNO2/c1-10-4-5-11(2)14(12(10)3)18-9-8-16-13(17)6-7-15/h4-5H,6-9H2,1-3H3,(H,16,17). The quantitative estimate of drug-likeness (QED) is 0.637. The molecule has 0 aliphatic heterocycles. The van der Waals surface area contributed by atoms with Crippen molar-refractivity contribution in [1.29, 1.82) is 0 Å². The average Bonchev–Trinajstić information content (AvgIpc) is 2.33. The molecule has 100 valence electrons. The van der Waals surface area contributed by atoms with E-state index in [1.54, 1.807) is 0 Å². The van der Waals surface area contributed by atoms with Crippen molar-refractivity contribution in [2.24, 2.45) is 0 Å². The Kier molecular flexibility index (Phi) is 5.99. The number of nitrogens with one attached hydrogen (secondary N) is 1. The summed E-state index contributed by atoms with van der Waals surface area (Å²) >= 11 is 5.47. The second-order valence-electron chi connectivity index (χ2n) is 4.29. The predicted octanol–water partition coefficient (Wildman–Crippen LogP) is 2.74. The summed E-state index contributed by atoms with van der Waals surface area (Å²) in [6, 6.07) is 4.13. The van der Waals surface area contributed by atoms with E-state index in [2.05, 4.69) is 18.3 Å². The van der Waals surface area contributed by atoms with Gasteiger partial charge in [-0.3, -0.25) is 4.79 Å². The molecule has 0 saturated heterocycles. The van der Waals surface area contributed by atoms with E-state index in [-0.39, 0.29) is 5.91 Å². The number of ether oxygens (including phenoxy) is 1. The summed E-state index contributed by atoms with van der Waals surface area (Å²) < 4.78 is 5.73. The van der Waals surface area contributed by atoms with E-state index in [9.17, 15) is 4.79 Å². The molecule has 0 aliphatic carbocycles. The maximum atomic E-state index is 11.2. The van der Waals surface area contributed by atoms with Gasteiger partial charge in [0.2, 0.25) is 5.91 Å². The van der Waals surface area contributed by atoms with Gasteiger partial charge in [0.1, 0.15) is 12.4 Å². The zero-order chi connectivity index (χ0) is 13.5. The zero-order valence-corrected chi connectivity index (χ0v) is 11.9. The number of halogens is 1. The van der Waals surface area contributed by atoms with Crippen LogP contribution in [0.5, 0.6) is 5.75 Å². The number of benzene rings is 1. The molecule has 0 heterocycles. The molecule has 0 spiro atoms. The molecule has 0 aliphatic rings. The van der Waals surface area contributed by atoms with Crippen LogP contribution in [0.15, 0.2) is 12.1 Å². The molecular weight excluding hydrogens is 250 g/mol. The zero-order valence-electron chi connectivity index (χ0n) is 11.2. The molecule has 1 aromatic rings. The van der Waals surface area contributed by atoms with Crippen molar-refractivity contribution in [3.63, 3.8) is 0 Å². The number of rotatable bonds is 6. The molecule has 0 saturated carbocycles. The highest BCUT2D eigenvalue weighted by Gasteiger charge is 2.06. The largest absolute Gasteiger partial charge is 0.491 e. The molecule has 18 heavy (non-hydrogen) atoms. The fourth-order valence-electron chi connectivity index (χ4n) is 1.67. The van der Waals surface area contributed by atoms with Gasteiger partial charge in [0.25, 0.3) is 0 Å². The summed E-state index contributed by atoms with van der Waals surface area (Å²) in [6.07, 6.45) is 0.351. The molecule has 0 radical (unpaired) electrons. The first kappa shape index (κ1) is 14.8. The van der Waals surface area contributed by atoms with Crippen molar-refractivity contribution in [1.82, 2.24) is 5.32 Å². The van der Waals surface area contributed by atoms with Crippen LogP contribution in [0.4, 0.5) is 0 Å². The summed E-state index contributed by atoms with van der Waals surface area (Å²) in [4.78, 5) is 11.2. The highest BCUT2D eigenvalue weighted by atomic mass is 35.5. The molecule has 1 amide bonds. The van der Waals surface area contributed by atoms with Crippen molar-refractivity contribution in [3.05, 3.63) is 28.8 Å². The Morgan fingerprint density at radius 3 is 2.61 bits per heavy atom. The maximum absolute atomic E-state index is 11.2. The minimum absolute atomic E-state index is 0.0358. The minimum atomic E-state index is -0.0358. The molecule has 1 rings (SSSR count).